The number of aromatic hydroxyl groups is 1. The van der Waals surface area contributed by atoms with Gasteiger partial charge in [0.2, 0.25) is 0 Å². The van der Waals surface area contributed by atoms with E-state index in [4.69, 9.17) is 14.2 Å². The Balaban J connectivity index is 1.55. The zero-order valence-electron chi connectivity index (χ0n) is 21.9. The van der Waals surface area contributed by atoms with E-state index in [0.717, 1.165) is 36.8 Å². The summed E-state index contributed by atoms with van der Waals surface area (Å²) < 4.78 is 18.4. The molecule has 1 N–H and O–H groups in total. The van der Waals surface area contributed by atoms with Crippen LogP contribution in [0, 0.1) is 0 Å². The van der Waals surface area contributed by atoms with E-state index in [1.54, 1.807) is 37.4 Å². The van der Waals surface area contributed by atoms with Gasteiger partial charge in [-0.1, -0.05) is 35.4 Å². The lowest BCUT2D eigenvalue weighted by Gasteiger charge is -2.35. The minimum Gasteiger partial charge on any atom is -0.508 e. The van der Waals surface area contributed by atoms with Crippen molar-refractivity contribution in [3.8, 4) is 23.0 Å². The fourth-order valence-corrected chi connectivity index (χ4v) is 4.72. The van der Waals surface area contributed by atoms with Crippen molar-refractivity contribution in [1.29, 1.82) is 0 Å². The van der Waals surface area contributed by atoms with Crippen LogP contribution in [0.1, 0.15) is 87.4 Å². The number of allylic oxidation sites excluding steroid dienone is 4. The molecule has 0 saturated heterocycles. The van der Waals surface area contributed by atoms with Crippen molar-refractivity contribution < 1.29 is 24.1 Å². The van der Waals surface area contributed by atoms with E-state index in [2.05, 4.69) is 45.9 Å². The first kappa shape index (κ1) is 25.6. The van der Waals surface area contributed by atoms with Crippen LogP contribution in [0.5, 0.6) is 23.0 Å². The lowest BCUT2D eigenvalue weighted by molar-refractivity contribution is 0.0838. The second-order valence-corrected chi connectivity index (χ2v) is 10.2. The highest BCUT2D eigenvalue weighted by Crippen LogP contribution is 2.49. The normalized spacial score (nSPS) is 20.6. The van der Waals surface area contributed by atoms with Gasteiger partial charge in [0, 0.05) is 6.07 Å². The van der Waals surface area contributed by atoms with Gasteiger partial charge < -0.3 is 19.3 Å². The number of benzene rings is 2. The third-order valence-corrected chi connectivity index (χ3v) is 6.81. The van der Waals surface area contributed by atoms with Crippen LogP contribution in [-0.4, -0.2) is 23.6 Å². The quantitative estimate of drug-likeness (QED) is 0.385. The average molecular weight is 489 g/mol. The van der Waals surface area contributed by atoms with Gasteiger partial charge in [0.25, 0.3) is 0 Å². The minimum atomic E-state index is -0.474. The molecular formula is C31H36O5. The summed E-state index contributed by atoms with van der Waals surface area (Å²) in [5, 5.41) is 9.63. The molecule has 1 unspecified atom stereocenters. The maximum Gasteiger partial charge on any atom is 0.174 e. The van der Waals surface area contributed by atoms with Crippen molar-refractivity contribution in [1.82, 2.24) is 0 Å². The van der Waals surface area contributed by atoms with Gasteiger partial charge in [0.1, 0.15) is 40.3 Å². The van der Waals surface area contributed by atoms with Crippen LogP contribution in [0.25, 0.3) is 6.08 Å². The Morgan fingerprint density at radius 1 is 1.17 bits per heavy atom. The predicted octanol–water partition coefficient (Wildman–Crippen LogP) is 7.74. The molecule has 2 aliphatic heterocycles. The van der Waals surface area contributed by atoms with Gasteiger partial charge in [0.05, 0.1) is 19.1 Å². The number of hydrogen-bond donors (Lipinski definition) is 1. The fourth-order valence-electron chi connectivity index (χ4n) is 4.72. The van der Waals surface area contributed by atoms with Crippen LogP contribution in [0.15, 0.2) is 59.7 Å². The Morgan fingerprint density at radius 3 is 2.61 bits per heavy atom. The summed E-state index contributed by atoms with van der Waals surface area (Å²) in [6, 6.07) is 8.57. The lowest BCUT2D eigenvalue weighted by Crippen LogP contribution is -2.32. The zero-order valence-corrected chi connectivity index (χ0v) is 21.9. The molecule has 0 amide bonds. The number of Topliss-reactive ketones (excluding diaryl/α,β-unsaturated/α-hetero) is 1. The minimum absolute atomic E-state index is 0.0376. The molecule has 0 bridgehead atoms. The zero-order chi connectivity index (χ0) is 25.9. The fraction of sp³-hybridized carbons (Fsp3) is 0.387. The highest BCUT2D eigenvalue weighted by Gasteiger charge is 2.37. The van der Waals surface area contributed by atoms with Crippen LogP contribution in [0.3, 0.4) is 0 Å². The summed E-state index contributed by atoms with van der Waals surface area (Å²) in [6.45, 7) is 8.52. The molecule has 2 atom stereocenters. The smallest absolute Gasteiger partial charge is 0.174 e. The van der Waals surface area contributed by atoms with E-state index < -0.39 is 11.7 Å². The number of carbonyl (C=O) groups is 1. The number of carbonyl (C=O) groups excluding carboxylic acids is 1. The van der Waals surface area contributed by atoms with Gasteiger partial charge in [-0.3, -0.25) is 4.79 Å². The highest BCUT2D eigenvalue weighted by atomic mass is 16.5. The Morgan fingerprint density at radius 2 is 1.92 bits per heavy atom. The molecule has 4 rings (SSSR count). The van der Waals surface area contributed by atoms with E-state index in [1.807, 2.05) is 6.08 Å². The van der Waals surface area contributed by atoms with Crippen molar-refractivity contribution >= 4 is 11.9 Å². The van der Waals surface area contributed by atoms with Crippen LogP contribution in [-0.2, 0) is 0 Å². The van der Waals surface area contributed by atoms with Crippen LogP contribution in [0.4, 0.5) is 0 Å². The van der Waals surface area contributed by atoms with Crippen LogP contribution >= 0.6 is 0 Å². The SMILES string of the molecule is COc1cc2c(c3c1C(=O)C[C@@H](c1ccc(O)cc1)O3)C=CC(C)(CC/C=C(\C)CCC=C(C)C)O2. The molecule has 190 valence electrons. The molecule has 0 radical (unpaired) electrons. The number of ketones is 1. The molecule has 2 aromatic carbocycles. The molecule has 2 aliphatic rings. The average Bonchev–Trinajstić information content (AvgIpc) is 2.83. The van der Waals surface area contributed by atoms with Gasteiger partial charge in [-0.15, -0.1) is 0 Å². The second kappa shape index (κ2) is 10.7. The summed E-state index contributed by atoms with van der Waals surface area (Å²) in [4.78, 5) is 13.2. The molecule has 2 aromatic rings. The third-order valence-electron chi connectivity index (χ3n) is 6.81. The second-order valence-electron chi connectivity index (χ2n) is 10.2. The number of fused-ring (bicyclic) bond motifs is 3. The Bertz CT molecular complexity index is 1210. The first-order valence-corrected chi connectivity index (χ1v) is 12.6. The monoisotopic (exact) mass is 488 g/mol. The maximum atomic E-state index is 13.2. The van der Waals surface area contributed by atoms with Crippen molar-refractivity contribution in [2.75, 3.05) is 7.11 Å². The van der Waals surface area contributed by atoms with Crippen molar-refractivity contribution in [2.24, 2.45) is 0 Å². The Hall–Kier alpha value is -3.47. The first-order valence-electron chi connectivity index (χ1n) is 12.6. The van der Waals surface area contributed by atoms with Crippen LogP contribution < -0.4 is 14.2 Å². The van der Waals surface area contributed by atoms with Gasteiger partial charge in [0.15, 0.2) is 5.78 Å². The maximum absolute atomic E-state index is 13.2. The first-order chi connectivity index (χ1) is 17.2. The largest absolute Gasteiger partial charge is 0.508 e. The number of rotatable bonds is 8. The molecular weight excluding hydrogens is 452 g/mol. The number of phenols is 1. The van der Waals surface area contributed by atoms with E-state index in [-0.39, 0.29) is 18.0 Å². The molecule has 0 saturated carbocycles. The number of ether oxygens (including phenoxy) is 3. The van der Waals surface area contributed by atoms with E-state index in [0.29, 0.717) is 22.8 Å². The molecule has 0 aromatic heterocycles. The molecule has 5 heteroatoms. The summed E-state index contributed by atoms with van der Waals surface area (Å²) in [6.07, 6.45) is 12.3. The molecule has 0 fully saturated rings. The predicted molar refractivity (Wildman–Crippen MR) is 143 cm³/mol. The molecule has 5 nitrogen and oxygen atoms in total. The highest BCUT2D eigenvalue weighted by molar-refractivity contribution is 6.04. The van der Waals surface area contributed by atoms with E-state index >= 15 is 0 Å². The van der Waals surface area contributed by atoms with Crippen LogP contribution in [0.2, 0.25) is 0 Å². The Kier molecular flexibility index (Phi) is 7.58. The van der Waals surface area contributed by atoms with E-state index in [9.17, 15) is 9.90 Å². The molecule has 0 aliphatic carbocycles. The summed E-state index contributed by atoms with van der Waals surface area (Å²) in [7, 11) is 1.56. The van der Waals surface area contributed by atoms with E-state index in [1.165, 1.54) is 11.1 Å². The molecule has 0 spiro atoms. The number of hydrogen-bond acceptors (Lipinski definition) is 5. The van der Waals surface area contributed by atoms with Gasteiger partial charge in [-0.2, -0.15) is 0 Å². The topological polar surface area (TPSA) is 65.0 Å². The number of phenolic OH excluding ortho intramolecular Hbond substituents is 1. The summed E-state index contributed by atoms with van der Waals surface area (Å²) in [5.41, 5.74) is 4.32. The third kappa shape index (κ3) is 5.67. The number of methoxy groups -OCH3 is 1. The molecule has 36 heavy (non-hydrogen) atoms. The van der Waals surface area contributed by atoms with Crippen molar-refractivity contribution in [2.45, 2.75) is 71.5 Å². The van der Waals surface area contributed by atoms with Gasteiger partial charge in [-0.25, -0.2) is 0 Å². The summed E-state index contributed by atoms with van der Waals surface area (Å²) >= 11 is 0. The van der Waals surface area contributed by atoms with Gasteiger partial charge >= 0.3 is 0 Å². The lowest BCUT2D eigenvalue weighted by atomic mass is 9.90. The molecule has 2 heterocycles. The summed E-state index contributed by atoms with van der Waals surface area (Å²) in [5.74, 6) is 1.75. The Labute approximate surface area is 214 Å². The standard InChI is InChI=1S/C31H36O5/c1-20(2)8-6-9-21(3)10-7-16-31(4)17-15-24-27(36-31)19-28(34-5)29-25(33)18-26(35-30(24)29)22-11-13-23(32)14-12-22/h8,10-15,17,19,26,32H,6-7,9,16,18H2,1-5H3/b21-10+/t26-,31?/m0/s1. The van der Waals surface area contributed by atoms with Crippen molar-refractivity contribution in [3.05, 3.63) is 76.4 Å². The van der Waals surface area contributed by atoms with Crippen molar-refractivity contribution in [3.63, 3.8) is 0 Å². The van der Waals surface area contributed by atoms with Gasteiger partial charge in [-0.05, 0) is 83.2 Å².